The van der Waals surface area contributed by atoms with E-state index in [9.17, 15) is 5.11 Å². The molecule has 1 saturated heterocycles. The molecule has 0 amide bonds. The maximum atomic E-state index is 10.8. The van der Waals surface area contributed by atoms with Gasteiger partial charge in [0.15, 0.2) is 5.82 Å². The highest BCUT2D eigenvalue weighted by Gasteiger charge is 2.30. The first-order valence-corrected chi connectivity index (χ1v) is 9.41. The largest absolute Gasteiger partial charge is 0.389 e. The highest BCUT2D eigenvalue weighted by molar-refractivity contribution is 5.55. The summed E-state index contributed by atoms with van der Waals surface area (Å²) in [5, 5.41) is 10.8. The minimum atomic E-state index is -0.566. The Labute approximate surface area is 156 Å². The van der Waals surface area contributed by atoms with Crippen LogP contribution < -0.4 is 0 Å². The third kappa shape index (κ3) is 5.10. The maximum Gasteiger partial charge on any atom is 0.159 e. The quantitative estimate of drug-likeness (QED) is 0.895. The summed E-state index contributed by atoms with van der Waals surface area (Å²) in [6.45, 7) is 5.56. The van der Waals surface area contributed by atoms with E-state index in [2.05, 4.69) is 38.8 Å². The molecule has 3 rings (SSSR count). The van der Waals surface area contributed by atoms with Gasteiger partial charge in [0.1, 0.15) is 0 Å². The molecule has 0 spiro atoms. The van der Waals surface area contributed by atoms with Gasteiger partial charge in [0.05, 0.1) is 5.60 Å². The number of likely N-dealkylation sites (tertiary alicyclic amines) is 1. The molecular formula is C21H30N4O. The van der Waals surface area contributed by atoms with Crippen molar-refractivity contribution in [3.05, 3.63) is 47.8 Å². The Morgan fingerprint density at radius 2 is 1.92 bits per heavy atom. The topological polar surface area (TPSA) is 52.5 Å². The molecule has 0 saturated carbocycles. The molecule has 1 fully saturated rings. The van der Waals surface area contributed by atoms with Crippen molar-refractivity contribution in [2.45, 2.75) is 38.3 Å². The minimum absolute atomic E-state index is 0.566. The standard InChI is InChI=1S/C21H30N4O/c1-17-6-4-7-19(12-17)20-22-13-18(14-23-20)15-25-10-5-8-21(26,9-11-25)16-24(2)3/h4,6-7,12-14,26H,5,8-11,15-16H2,1-3H3. The molecule has 140 valence electrons. The van der Waals surface area contributed by atoms with Gasteiger partial charge in [-0.1, -0.05) is 23.8 Å². The van der Waals surface area contributed by atoms with E-state index in [0.29, 0.717) is 0 Å². The summed E-state index contributed by atoms with van der Waals surface area (Å²) in [6.07, 6.45) is 6.56. The van der Waals surface area contributed by atoms with Crippen molar-refractivity contribution in [2.24, 2.45) is 0 Å². The number of aromatic nitrogens is 2. The van der Waals surface area contributed by atoms with Crippen LogP contribution in [0.3, 0.4) is 0 Å². The number of likely N-dealkylation sites (N-methyl/N-ethyl adjacent to an activating group) is 1. The second kappa shape index (κ2) is 8.25. The first kappa shape index (κ1) is 19.0. The lowest BCUT2D eigenvalue weighted by Gasteiger charge is -2.30. The molecule has 2 heterocycles. The van der Waals surface area contributed by atoms with Gasteiger partial charge in [0.25, 0.3) is 0 Å². The van der Waals surface area contributed by atoms with Gasteiger partial charge in [-0.05, 0) is 52.9 Å². The molecule has 1 aliphatic heterocycles. The molecular weight excluding hydrogens is 324 g/mol. The molecule has 1 N–H and O–H groups in total. The average molecular weight is 354 g/mol. The zero-order chi connectivity index (χ0) is 18.6. The monoisotopic (exact) mass is 354 g/mol. The number of benzene rings is 1. The fourth-order valence-corrected chi connectivity index (χ4v) is 3.77. The van der Waals surface area contributed by atoms with Crippen LogP contribution in [0, 0.1) is 6.92 Å². The lowest BCUT2D eigenvalue weighted by molar-refractivity contribution is 0.00257. The van der Waals surface area contributed by atoms with Gasteiger partial charge in [-0.2, -0.15) is 0 Å². The van der Waals surface area contributed by atoms with Crippen LogP contribution in [0.25, 0.3) is 11.4 Å². The number of aliphatic hydroxyl groups is 1. The molecule has 2 aromatic rings. The van der Waals surface area contributed by atoms with Crippen molar-refractivity contribution in [3.8, 4) is 11.4 Å². The van der Waals surface area contributed by atoms with Crippen molar-refractivity contribution in [2.75, 3.05) is 33.7 Å². The molecule has 1 aromatic carbocycles. The first-order chi connectivity index (χ1) is 12.4. The normalized spacial score (nSPS) is 21.7. The Balaban J connectivity index is 1.61. The van der Waals surface area contributed by atoms with Crippen molar-refractivity contribution in [1.29, 1.82) is 0 Å². The second-order valence-corrected chi connectivity index (χ2v) is 7.88. The zero-order valence-electron chi connectivity index (χ0n) is 16.1. The third-order valence-corrected chi connectivity index (χ3v) is 5.01. The van der Waals surface area contributed by atoms with E-state index < -0.39 is 5.60 Å². The molecule has 26 heavy (non-hydrogen) atoms. The van der Waals surface area contributed by atoms with E-state index >= 15 is 0 Å². The fourth-order valence-electron chi connectivity index (χ4n) is 3.77. The van der Waals surface area contributed by atoms with Crippen LogP contribution >= 0.6 is 0 Å². The molecule has 1 aliphatic rings. The Hall–Kier alpha value is -1.82. The molecule has 0 bridgehead atoms. The number of hydrogen-bond donors (Lipinski definition) is 1. The van der Waals surface area contributed by atoms with Crippen LogP contribution in [-0.4, -0.2) is 64.2 Å². The summed E-state index contributed by atoms with van der Waals surface area (Å²) < 4.78 is 0. The lowest BCUT2D eigenvalue weighted by atomic mass is 9.94. The highest BCUT2D eigenvalue weighted by atomic mass is 16.3. The number of aryl methyl sites for hydroxylation is 1. The maximum absolute atomic E-state index is 10.8. The van der Waals surface area contributed by atoms with E-state index in [1.807, 2.05) is 38.6 Å². The minimum Gasteiger partial charge on any atom is -0.389 e. The summed E-state index contributed by atoms with van der Waals surface area (Å²) in [4.78, 5) is 13.6. The van der Waals surface area contributed by atoms with Crippen LogP contribution in [0.4, 0.5) is 0 Å². The number of rotatable bonds is 5. The highest BCUT2D eigenvalue weighted by Crippen LogP contribution is 2.24. The molecule has 1 unspecified atom stereocenters. The third-order valence-electron chi connectivity index (χ3n) is 5.01. The SMILES string of the molecule is Cc1cccc(-c2ncc(CN3CCCC(O)(CN(C)C)CC3)cn2)c1. The zero-order valence-corrected chi connectivity index (χ0v) is 16.1. The number of hydrogen-bond acceptors (Lipinski definition) is 5. The number of nitrogens with zero attached hydrogens (tertiary/aromatic N) is 4. The van der Waals surface area contributed by atoms with E-state index in [-0.39, 0.29) is 0 Å². The molecule has 0 radical (unpaired) electrons. The van der Waals surface area contributed by atoms with Gasteiger partial charge in [-0.25, -0.2) is 9.97 Å². The summed E-state index contributed by atoms with van der Waals surface area (Å²) in [5.41, 5.74) is 2.83. The van der Waals surface area contributed by atoms with Gasteiger partial charge in [0, 0.05) is 43.2 Å². The van der Waals surface area contributed by atoms with Crippen molar-refractivity contribution in [1.82, 2.24) is 19.8 Å². The van der Waals surface area contributed by atoms with Gasteiger partial charge < -0.3 is 10.0 Å². The lowest BCUT2D eigenvalue weighted by Crippen LogP contribution is -2.40. The van der Waals surface area contributed by atoms with E-state index in [1.165, 1.54) is 5.56 Å². The molecule has 1 atom stereocenters. The smallest absolute Gasteiger partial charge is 0.159 e. The summed E-state index contributed by atoms with van der Waals surface area (Å²) in [5.74, 6) is 0.772. The first-order valence-electron chi connectivity index (χ1n) is 9.41. The van der Waals surface area contributed by atoms with Gasteiger partial charge >= 0.3 is 0 Å². The van der Waals surface area contributed by atoms with E-state index in [1.54, 1.807) is 0 Å². The van der Waals surface area contributed by atoms with Gasteiger partial charge in [-0.15, -0.1) is 0 Å². The van der Waals surface area contributed by atoms with Gasteiger partial charge in [-0.3, -0.25) is 4.90 Å². The van der Waals surface area contributed by atoms with Crippen LogP contribution in [0.2, 0.25) is 0 Å². The van der Waals surface area contributed by atoms with Crippen molar-refractivity contribution >= 4 is 0 Å². The Morgan fingerprint density at radius 3 is 2.62 bits per heavy atom. The van der Waals surface area contributed by atoms with E-state index in [0.717, 1.165) is 62.4 Å². The van der Waals surface area contributed by atoms with Gasteiger partial charge in [0.2, 0.25) is 0 Å². The molecule has 1 aromatic heterocycles. The summed E-state index contributed by atoms with van der Waals surface area (Å²) >= 11 is 0. The summed E-state index contributed by atoms with van der Waals surface area (Å²) in [7, 11) is 4.04. The van der Waals surface area contributed by atoms with Crippen molar-refractivity contribution < 1.29 is 5.11 Å². The molecule has 5 heteroatoms. The Kier molecular flexibility index (Phi) is 6.01. The predicted molar refractivity (Wildman–Crippen MR) is 105 cm³/mol. The average Bonchev–Trinajstić information content (AvgIpc) is 2.77. The molecule has 5 nitrogen and oxygen atoms in total. The Bertz CT molecular complexity index is 716. The second-order valence-electron chi connectivity index (χ2n) is 7.88. The Morgan fingerprint density at radius 1 is 1.15 bits per heavy atom. The van der Waals surface area contributed by atoms with Crippen LogP contribution in [-0.2, 0) is 6.54 Å². The van der Waals surface area contributed by atoms with Crippen molar-refractivity contribution in [3.63, 3.8) is 0 Å². The fraction of sp³-hybridized carbons (Fsp3) is 0.524. The van der Waals surface area contributed by atoms with Crippen LogP contribution in [0.1, 0.15) is 30.4 Å². The summed E-state index contributed by atoms with van der Waals surface area (Å²) in [6, 6.07) is 8.26. The van der Waals surface area contributed by atoms with Crippen LogP contribution in [0.15, 0.2) is 36.7 Å². The van der Waals surface area contributed by atoms with E-state index in [4.69, 9.17) is 0 Å². The molecule has 0 aliphatic carbocycles. The van der Waals surface area contributed by atoms with Crippen LogP contribution in [0.5, 0.6) is 0 Å². The predicted octanol–water partition coefficient (Wildman–Crippen LogP) is 2.73.